The highest BCUT2D eigenvalue weighted by atomic mass is 19.4. The van der Waals surface area contributed by atoms with Crippen LogP contribution in [-0.2, 0) is 13.2 Å². The highest BCUT2D eigenvalue weighted by Crippen LogP contribution is 2.20. The molecule has 1 rings (SSSR count). The number of nitrogens with zero attached hydrogens (tertiary/aromatic N) is 3. The fraction of sp³-hybridized carbons (Fsp3) is 0.667. The van der Waals surface area contributed by atoms with Crippen molar-refractivity contribution >= 4 is 0 Å². The second-order valence-corrected chi connectivity index (χ2v) is 2.42. The molecule has 0 aliphatic heterocycles. The molecule has 0 saturated heterocycles. The molecule has 74 valence electrons. The van der Waals surface area contributed by atoms with Crippen molar-refractivity contribution in [3.8, 4) is 0 Å². The summed E-state index contributed by atoms with van der Waals surface area (Å²) in [5, 5.41) is 12.2. The highest BCUT2D eigenvalue weighted by molar-refractivity contribution is 4.80. The van der Waals surface area contributed by atoms with E-state index in [0.717, 1.165) is 11.0 Å². The average molecular weight is 195 g/mol. The zero-order chi connectivity index (χ0) is 9.90. The number of aliphatic hydroxyl groups excluding tert-OH is 1. The van der Waals surface area contributed by atoms with Crippen LogP contribution in [0.3, 0.4) is 0 Å². The Labute approximate surface area is 72.0 Å². The van der Waals surface area contributed by atoms with Gasteiger partial charge in [-0.2, -0.15) is 18.3 Å². The molecule has 0 aromatic carbocycles. The molecule has 0 atom stereocenters. The van der Waals surface area contributed by atoms with Gasteiger partial charge in [-0.1, -0.05) is 0 Å². The first-order valence-electron chi connectivity index (χ1n) is 3.57. The summed E-state index contributed by atoms with van der Waals surface area (Å²) in [5.41, 5.74) is 0. The van der Waals surface area contributed by atoms with E-state index in [9.17, 15) is 13.2 Å². The predicted octanol–water partition coefficient (Wildman–Crippen LogP) is 0.723. The molecule has 1 N–H and O–H groups in total. The molecule has 0 spiro atoms. The molecule has 1 aromatic heterocycles. The van der Waals surface area contributed by atoms with Gasteiger partial charge in [-0.25, -0.2) is 9.67 Å². The summed E-state index contributed by atoms with van der Waals surface area (Å²) in [6.07, 6.45) is -4.07. The Balaban J connectivity index is 2.54. The van der Waals surface area contributed by atoms with Gasteiger partial charge in [0, 0.05) is 0 Å². The van der Waals surface area contributed by atoms with Crippen molar-refractivity contribution in [1.29, 1.82) is 0 Å². The molecule has 0 bridgehead atoms. The maximum atomic E-state index is 11.8. The minimum atomic E-state index is -4.21. The van der Waals surface area contributed by atoms with Gasteiger partial charge < -0.3 is 5.11 Å². The third kappa shape index (κ3) is 3.02. The van der Waals surface area contributed by atoms with Crippen LogP contribution in [0.25, 0.3) is 0 Å². The van der Waals surface area contributed by atoms with E-state index in [1.54, 1.807) is 0 Å². The first-order valence-corrected chi connectivity index (χ1v) is 3.57. The Morgan fingerprint density at radius 1 is 1.46 bits per heavy atom. The fourth-order valence-electron chi connectivity index (χ4n) is 0.830. The van der Waals surface area contributed by atoms with E-state index >= 15 is 0 Å². The van der Waals surface area contributed by atoms with Crippen molar-refractivity contribution in [2.75, 3.05) is 0 Å². The van der Waals surface area contributed by atoms with E-state index in [-0.39, 0.29) is 12.4 Å². The highest BCUT2D eigenvalue weighted by Gasteiger charge is 2.27. The first-order chi connectivity index (χ1) is 6.03. The third-order valence-electron chi connectivity index (χ3n) is 1.44. The van der Waals surface area contributed by atoms with Crippen LogP contribution in [-0.4, -0.2) is 26.0 Å². The molecule has 0 unspecified atom stereocenters. The summed E-state index contributed by atoms with van der Waals surface area (Å²) in [6, 6.07) is 0. The molecule has 1 heterocycles. The molecule has 0 saturated carbocycles. The zero-order valence-corrected chi connectivity index (χ0v) is 6.62. The molecule has 0 amide bonds. The SMILES string of the molecule is OCc1ncnn1CCC(F)(F)F. The summed E-state index contributed by atoms with van der Waals surface area (Å²) >= 11 is 0. The van der Waals surface area contributed by atoms with Crippen molar-refractivity contribution in [3.63, 3.8) is 0 Å². The molecule has 0 aliphatic rings. The summed E-state index contributed by atoms with van der Waals surface area (Å²) in [7, 11) is 0. The maximum absolute atomic E-state index is 11.8. The van der Waals surface area contributed by atoms with Crippen LogP contribution in [0, 0.1) is 0 Å². The second-order valence-electron chi connectivity index (χ2n) is 2.42. The van der Waals surface area contributed by atoms with Crippen LogP contribution in [0.4, 0.5) is 13.2 Å². The Morgan fingerprint density at radius 2 is 2.15 bits per heavy atom. The van der Waals surface area contributed by atoms with Gasteiger partial charge in [-0.3, -0.25) is 0 Å². The molecular formula is C6H8F3N3O. The first kappa shape index (κ1) is 9.97. The van der Waals surface area contributed by atoms with Crippen LogP contribution in [0.1, 0.15) is 12.2 Å². The fourth-order valence-corrected chi connectivity index (χ4v) is 0.830. The molecule has 0 aliphatic carbocycles. The zero-order valence-electron chi connectivity index (χ0n) is 6.62. The summed E-state index contributed by atoms with van der Waals surface area (Å²) in [5.74, 6) is 0.143. The molecular weight excluding hydrogens is 187 g/mol. The maximum Gasteiger partial charge on any atom is 0.390 e. The monoisotopic (exact) mass is 195 g/mol. The van der Waals surface area contributed by atoms with Gasteiger partial charge in [0.2, 0.25) is 0 Å². The van der Waals surface area contributed by atoms with Crippen molar-refractivity contribution in [1.82, 2.24) is 14.8 Å². The van der Waals surface area contributed by atoms with Gasteiger partial charge >= 0.3 is 6.18 Å². The largest absolute Gasteiger partial charge is 0.390 e. The van der Waals surface area contributed by atoms with Gasteiger partial charge in [-0.15, -0.1) is 0 Å². The van der Waals surface area contributed by atoms with Gasteiger partial charge in [-0.05, 0) is 0 Å². The quantitative estimate of drug-likeness (QED) is 0.773. The molecule has 1 aromatic rings. The Bertz CT molecular complexity index is 270. The van der Waals surface area contributed by atoms with E-state index < -0.39 is 19.2 Å². The number of halogens is 3. The van der Waals surface area contributed by atoms with E-state index in [2.05, 4.69) is 10.1 Å². The number of aromatic nitrogens is 3. The topological polar surface area (TPSA) is 50.9 Å². The molecule has 7 heteroatoms. The summed E-state index contributed by atoms with van der Waals surface area (Å²) in [4.78, 5) is 3.57. The second kappa shape index (κ2) is 3.73. The van der Waals surface area contributed by atoms with Gasteiger partial charge in [0.05, 0.1) is 13.0 Å². The predicted molar refractivity (Wildman–Crippen MR) is 36.6 cm³/mol. The van der Waals surface area contributed by atoms with E-state index in [1.165, 1.54) is 0 Å². The van der Waals surface area contributed by atoms with Crippen LogP contribution < -0.4 is 0 Å². The smallest absolute Gasteiger partial charge is 0.388 e. The number of rotatable bonds is 3. The van der Waals surface area contributed by atoms with Crippen molar-refractivity contribution < 1.29 is 18.3 Å². The van der Waals surface area contributed by atoms with Crippen molar-refractivity contribution in [3.05, 3.63) is 12.2 Å². The third-order valence-corrected chi connectivity index (χ3v) is 1.44. The molecule has 13 heavy (non-hydrogen) atoms. The number of hydrogen-bond acceptors (Lipinski definition) is 3. The lowest BCUT2D eigenvalue weighted by Crippen LogP contribution is -2.14. The minimum Gasteiger partial charge on any atom is -0.388 e. The van der Waals surface area contributed by atoms with Crippen molar-refractivity contribution in [2.24, 2.45) is 0 Å². The van der Waals surface area contributed by atoms with Gasteiger partial charge in [0.25, 0.3) is 0 Å². The molecule has 0 radical (unpaired) electrons. The van der Waals surface area contributed by atoms with E-state index in [0.29, 0.717) is 0 Å². The van der Waals surface area contributed by atoms with Gasteiger partial charge in [0.15, 0.2) is 5.82 Å². The molecule has 0 fully saturated rings. The standard InChI is InChI=1S/C6H8F3N3O/c7-6(8,9)1-2-12-5(3-13)10-4-11-12/h4,13H,1-3H2. The van der Waals surface area contributed by atoms with E-state index in [4.69, 9.17) is 5.11 Å². The van der Waals surface area contributed by atoms with Crippen LogP contribution >= 0.6 is 0 Å². The van der Waals surface area contributed by atoms with Crippen LogP contribution in [0.5, 0.6) is 0 Å². The van der Waals surface area contributed by atoms with Crippen LogP contribution in [0.15, 0.2) is 6.33 Å². The summed E-state index contributed by atoms with van der Waals surface area (Å²) < 4.78 is 36.3. The number of hydrogen-bond donors (Lipinski definition) is 1. The number of aryl methyl sites for hydroxylation is 1. The lowest BCUT2D eigenvalue weighted by atomic mass is 10.4. The van der Waals surface area contributed by atoms with E-state index in [1.807, 2.05) is 0 Å². The van der Waals surface area contributed by atoms with Crippen LogP contribution in [0.2, 0.25) is 0 Å². The average Bonchev–Trinajstić information content (AvgIpc) is 2.46. The van der Waals surface area contributed by atoms with Gasteiger partial charge in [0.1, 0.15) is 12.9 Å². The Morgan fingerprint density at radius 3 is 2.69 bits per heavy atom. The normalized spacial score (nSPS) is 12.0. The Kier molecular flexibility index (Phi) is 2.86. The minimum absolute atomic E-state index is 0.143. The lowest BCUT2D eigenvalue weighted by Gasteiger charge is -2.06. The number of alkyl halides is 3. The molecule has 4 nitrogen and oxygen atoms in total. The Hall–Kier alpha value is -1.11. The number of aliphatic hydroxyl groups is 1. The lowest BCUT2D eigenvalue weighted by molar-refractivity contribution is -0.137. The summed E-state index contributed by atoms with van der Waals surface area (Å²) in [6.45, 7) is -0.711. The van der Waals surface area contributed by atoms with Crippen molar-refractivity contribution in [2.45, 2.75) is 25.7 Å².